The average Bonchev–Trinajstić information content (AvgIpc) is 3.42. The fraction of sp³-hybridized carbons (Fsp3) is 0.375. The van der Waals surface area contributed by atoms with Gasteiger partial charge in [0.2, 0.25) is 5.91 Å². The van der Waals surface area contributed by atoms with E-state index in [4.69, 9.17) is 21.1 Å². The third-order valence-electron chi connectivity index (χ3n) is 7.22. The van der Waals surface area contributed by atoms with Crippen LogP contribution in [0.1, 0.15) is 28.7 Å². The van der Waals surface area contributed by atoms with Gasteiger partial charge in [0.1, 0.15) is 25.1 Å². The van der Waals surface area contributed by atoms with Gasteiger partial charge in [-0.05, 0) is 68.0 Å². The zero-order valence-corrected chi connectivity index (χ0v) is 27.0. The number of carbonyl (C=O) groups excluding carboxylic acids is 2. The van der Waals surface area contributed by atoms with Crippen LogP contribution in [0.25, 0.3) is 0 Å². The molecule has 1 aliphatic heterocycles. The number of carboxylic acid groups (broad SMARTS) is 1. The lowest BCUT2D eigenvalue weighted by Gasteiger charge is -2.24. The van der Waals surface area contributed by atoms with E-state index in [0.717, 1.165) is 27.1 Å². The monoisotopic (exact) mass is 655 g/mol. The number of nitrogens with zero attached hydrogens (tertiary/aromatic N) is 2. The van der Waals surface area contributed by atoms with Crippen LogP contribution >= 0.6 is 23.5 Å². The number of hydrogen-bond donors (Lipinski definition) is 4. The Balaban J connectivity index is 1.29. The molecule has 3 atom stereocenters. The number of halogens is 1. The second-order valence-corrected chi connectivity index (χ2v) is 12.2. The predicted octanol–water partition coefficient (Wildman–Crippen LogP) is 4.73. The molecule has 0 saturated carbocycles. The molecule has 2 amide bonds. The number of pyridine rings is 1. The summed E-state index contributed by atoms with van der Waals surface area (Å²) in [5.74, 6) is -0.980. The molecule has 1 saturated heterocycles. The van der Waals surface area contributed by atoms with Crippen LogP contribution in [0.15, 0.2) is 65.7 Å². The van der Waals surface area contributed by atoms with Crippen LogP contribution in [0, 0.1) is 20.8 Å². The van der Waals surface area contributed by atoms with Gasteiger partial charge in [-0.15, -0.1) is 0 Å². The molecule has 0 radical (unpaired) electrons. The molecule has 2 heterocycles. The number of anilines is 1. The number of likely N-dealkylation sites (tertiary alicyclic amines) is 1. The summed E-state index contributed by atoms with van der Waals surface area (Å²) < 4.78 is 14.4. The fourth-order valence-electron chi connectivity index (χ4n) is 5.04. The third kappa shape index (κ3) is 10.4. The maximum Gasteiger partial charge on any atom is 0.410 e. The van der Waals surface area contributed by atoms with Gasteiger partial charge < -0.3 is 30.1 Å². The SMILES string of the molecule is Cc1cc(C)c(SNC(CNC(=O)COC2CC(CNc3cc(Cl)ccn3)N(C(=O)OCc3ccccc3)C2)C(=O)O)c(C)c1. The first kappa shape index (κ1) is 34.0. The van der Waals surface area contributed by atoms with Gasteiger partial charge in [0, 0.05) is 29.2 Å². The summed E-state index contributed by atoms with van der Waals surface area (Å²) in [6.45, 7) is 6.25. The molecular formula is C32H38ClN5O6S. The van der Waals surface area contributed by atoms with Crippen molar-refractivity contribution >= 4 is 47.3 Å². The predicted molar refractivity (Wildman–Crippen MR) is 173 cm³/mol. The highest BCUT2D eigenvalue weighted by Gasteiger charge is 2.37. The number of ether oxygens (including phenoxy) is 2. The van der Waals surface area contributed by atoms with Crippen molar-refractivity contribution < 1.29 is 29.0 Å². The Morgan fingerprint density at radius 1 is 1.11 bits per heavy atom. The highest BCUT2D eigenvalue weighted by molar-refractivity contribution is 7.97. The first-order chi connectivity index (χ1) is 21.6. The minimum Gasteiger partial charge on any atom is -0.480 e. The molecule has 0 spiro atoms. The highest BCUT2D eigenvalue weighted by Crippen LogP contribution is 2.26. The van der Waals surface area contributed by atoms with Crippen molar-refractivity contribution in [1.29, 1.82) is 0 Å². The van der Waals surface area contributed by atoms with Crippen molar-refractivity contribution in [2.75, 3.05) is 31.6 Å². The van der Waals surface area contributed by atoms with Crippen LogP contribution in [-0.4, -0.2) is 77.4 Å². The van der Waals surface area contributed by atoms with Gasteiger partial charge in [0.15, 0.2) is 0 Å². The van der Waals surface area contributed by atoms with E-state index >= 15 is 0 Å². The molecule has 4 rings (SSSR count). The largest absolute Gasteiger partial charge is 0.480 e. The summed E-state index contributed by atoms with van der Waals surface area (Å²) in [4.78, 5) is 44.4. The first-order valence-corrected chi connectivity index (χ1v) is 15.7. The first-order valence-electron chi connectivity index (χ1n) is 14.5. The number of hydrogen-bond acceptors (Lipinski definition) is 9. The van der Waals surface area contributed by atoms with E-state index in [0.29, 0.717) is 23.8 Å². The van der Waals surface area contributed by atoms with Crippen LogP contribution in [0.3, 0.4) is 0 Å². The second kappa shape index (κ2) is 16.5. The van der Waals surface area contributed by atoms with Crippen molar-refractivity contribution in [3.63, 3.8) is 0 Å². The fourth-order valence-corrected chi connectivity index (χ4v) is 6.08. The molecule has 1 aliphatic rings. The zero-order chi connectivity index (χ0) is 32.3. The summed E-state index contributed by atoms with van der Waals surface area (Å²) in [5, 5.41) is 16.1. The molecule has 3 aromatic rings. The lowest BCUT2D eigenvalue weighted by molar-refractivity contribution is -0.139. The molecule has 3 unspecified atom stereocenters. The Hall–Kier alpha value is -3.84. The Kier molecular flexibility index (Phi) is 12.5. The number of amides is 2. The van der Waals surface area contributed by atoms with Gasteiger partial charge in [-0.2, -0.15) is 0 Å². The van der Waals surface area contributed by atoms with Crippen molar-refractivity contribution in [1.82, 2.24) is 19.9 Å². The summed E-state index contributed by atoms with van der Waals surface area (Å²) in [6, 6.07) is 15.5. The van der Waals surface area contributed by atoms with Crippen LogP contribution < -0.4 is 15.4 Å². The number of nitrogens with one attached hydrogen (secondary N) is 3. The van der Waals surface area contributed by atoms with Gasteiger partial charge in [-0.1, -0.05) is 59.6 Å². The van der Waals surface area contributed by atoms with E-state index in [1.807, 2.05) is 63.2 Å². The van der Waals surface area contributed by atoms with Crippen molar-refractivity contribution in [2.45, 2.75) is 56.9 Å². The van der Waals surface area contributed by atoms with Gasteiger partial charge >= 0.3 is 12.1 Å². The summed E-state index contributed by atoms with van der Waals surface area (Å²) in [7, 11) is 0. The molecule has 4 N–H and O–H groups in total. The maximum absolute atomic E-state index is 13.1. The van der Waals surface area contributed by atoms with Gasteiger partial charge in [0.05, 0.1) is 18.7 Å². The Bertz CT molecular complexity index is 1460. The number of rotatable bonds is 14. The topological polar surface area (TPSA) is 142 Å². The standard InChI is InChI=1S/C32H38ClN5O6S/c1-20-11-21(2)30(22(3)12-20)45-37-27(31(40)41)16-36-29(39)19-43-26-14-25(15-35-28-13-24(33)9-10-34-28)38(17-26)32(42)44-18-23-7-5-4-6-8-23/h4-13,25-27,37H,14-19H2,1-3H3,(H,34,35)(H,36,39)(H,40,41). The number of aryl methyl sites for hydroxylation is 3. The molecule has 45 heavy (non-hydrogen) atoms. The molecule has 1 aromatic heterocycles. The van der Waals surface area contributed by atoms with Gasteiger partial charge in [-0.3, -0.25) is 9.59 Å². The maximum atomic E-state index is 13.1. The van der Waals surface area contributed by atoms with Crippen LogP contribution in [-0.2, 0) is 25.7 Å². The Labute approximate surface area is 272 Å². The second-order valence-electron chi connectivity index (χ2n) is 10.9. The molecule has 11 nitrogen and oxygen atoms in total. The molecule has 0 bridgehead atoms. The third-order valence-corrected chi connectivity index (χ3v) is 8.70. The van der Waals surface area contributed by atoms with E-state index in [1.54, 1.807) is 23.2 Å². The van der Waals surface area contributed by atoms with Crippen molar-refractivity contribution in [3.05, 3.63) is 88.1 Å². The highest BCUT2D eigenvalue weighted by atomic mass is 35.5. The molecule has 13 heteroatoms. The minimum atomic E-state index is -1.09. The molecule has 0 aliphatic carbocycles. The molecular weight excluding hydrogens is 618 g/mol. The number of benzene rings is 2. The lowest BCUT2D eigenvalue weighted by Crippen LogP contribution is -2.44. The van der Waals surface area contributed by atoms with E-state index < -0.39 is 30.1 Å². The van der Waals surface area contributed by atoms with E-state index in [-0.39, 0.29) is 32.3 Å². The zero-order valence-electron chi connectivity index (χ0n) is 25.4. The van der Waals surface area contributed by atoms with Crippen molar-refractivity contribution in [2.24, 2.45) is 0 Å². The van der Waals surface area contributed by atoms with E-state index in [9.17, 15) is 19.5 Å². The number of carbonyl (C=O) groups is 3. The van der Waals surface area contributed by atoms with Crippen molar-refractivity contribution in [3.8, 4) is 0 Å². The normalized spacial score (nSPS) is 16.7. The number of carboxylic acids is 1. The van der Waals surface area contributed by atoms with E-state index in [2.05, 4.69) is 20.3 Å². The Morgan fingerprint density at radius 3 is 2.53 bits per heavy atom. The summed E-state index contributed by atoms with van der Waals surface area (Å²) in [5.41, 5.74) is 4.08. The quantitative estimate of drug-likeness (QED) is 0.180. The molecule has 1 fully saturated rings. The smallest absolute Gasteiger partial charge is 0.410 e. The minimum absolute atomic E-state index is 0.125. The Morgan fingerprint density at radius 2 is 1.84 bits per heavy atom. The van der Waals surface area contributed by atoms with Gasteiger partial charge in [-0.25, -0.2) is 14.5 Å². The lowest BCUT2D eigenvalue weighted by atomic mass is 10.1. The van der Waals surface area contributed by atoms with Crippen LogP contribution in [0.4, 0.5) is 10.6 Å². The van der Waals surface area contributed by atoms with Crippen LogP contribution in [0.5, 0.6) is 0 Å². The van der Waals surface area contributed by atoms with Crippen LogP contribution in [0.2, 0.25) is 5.02 Å². The summed E-state index contributed by atoms with van der Waals surface area (Å²) in [6.07, 6.45) is 1.11. The molecule has 240 valence electrons. The van der Waals surface area contributed by atoms with Gasteiger partial charge in [0.25, 0.3) is 0 Å². The summed E-state index contributed by atoms with van der Waals surface area (Å²) >= 11 is 7.31. The number of aromatic nitrogens is 1. The average molecular weight is 656 g/mol. The number of aliphatic carboxylic acids is 1. The van der Waals surface area contributed by atoms with E-state index in [1.165, 1.54) is 11.9 Å². The molecule has 2 aromatic carbocycles.